The standard InChI is InChI=1S/C9H10N2O2/c1-6(11-13)7-2-4-8(5-3-7)9(10)12/h2-5,13H,1H3,(H2,10,12). The molecule has 1 aromatic rings. The van der Waals surface area contributed by atoms with Crippen LogP contribution in [0.25, 0.3) is 0 Å². The highest BCUT2D eigenvalue weighted by molar-refractivity contribution is 5.99. The molecule has 0 aromatic heterocycles. The van der Waals surface area contributed by atoms with Crippen molar-refractivity contribution in [2.75, 3.05) is 0 Å². The minimum absolute atomic E-state index is 0.439. The van der Waals surface area contributed by atoms with Gasteiger partial charge in [-0.25, -0.2) is 0 Å². The average molecular weight is 178 g/mol. The van der Waals surface area contributed by atoms with E-state index in [1.54, 1.807) is 31.2 Å². The van der Waals surface area contributed by atoms with E-state index in [4.69, 9.17) is 10.9 Å². The van der Waals surface area contributed by atoms with Crippen LogP contribution in [0.4, 0.5) is 0 Å². The van der Waals surface area contributed by atoms with Crippen LogP contribution in [-0.4, -0.2) is 16.8 Å². The van der Waals surface area contributed by atoms with E-state index in [9.17, 15) is 4.79 Å². The Morgan fingerprint density at radius 1 is 1.31 bits per heavy atom. The second kappa shape index (κ2) is 3.71. The van der Waals surface area contributed by atoms with Crippen LogP contribution in [0.15, 0.2) is 29.4 Å². The maximum atomic E-state index is 10.7. The summed E-state index contributed by atoms with van der Waals surface area (Å²) in [5, 5.41) is 11.5. The second-order valence-electron chi connectivity index (χ2n) is 2.63. The zero-order chi connectivity index (χ0) is 9.84. The minimum atomic E-state index is -0.467. The number of carbonyl (C=O) groups is 1. The van der Waals surface area contributed by atoms with Crippen LogP contribution >= 0.6 is 0 Å². The molecule has 0 saturated carbocycles. The number of nitrogens with zero attached hydrogens (tertiary/aromatic N) is 1. The van der Waals surface area contributed by atoms with Gasteiger partial charge in [0.25, 0.3) is 0 Å². The quantitative estimate of drug-likeness (QED) is 0.402. The summed E-state index contributed by atoms with van der Waals surface area (Å²) >= 11 is 0. The molecule has 0 fully saturated rings. The predicted octanol–water partition coefficient (Wildman–Crippen LogP) is 0.984. The molecule has 0 aliphatic heterocycles. The summed E-state index contributed by atoms with van der Waals surface area (Å²) in [6.07, 6.45) is 0. The number of nitrogens with two attached hydrogens (primary N) is 1. The Morgan fingerprint density at radius 3 is 2.15 bits per heavy atom. The lowest BCUT2D eigenvalue weighted by Gasteiger charge is -1.98. The van der Waals surface area contributed by atoms with Gasteiger partial charge in [0.1, 0.15) is 0 Å². The molecule has 0 aliphatic carbocycles. The molecule has 0 radical (unpaired) electrons. The summed E-state index contributed by atoms with van der Waals surface area (Å²) < 4.78 is 0. The topological polar surface area (TPSA) is 75.7 Å². The zero-order valence-corrected chi connectivity index (χ0v) is 7.19. The molecule has 0 aliphatic rings. The first-order valence-corrected chi connectivity index (χ1v) is 3.74. The summed E-state index contributed by atoms with van der Waals surface area (Å²) in [6, 6.07) is 6.53. The molecule has 0 spiro atoms. The molecule has 4 nitrogen and oxygen atoms in total. The highest BCUT2D eigenvalue weighted by atomic mass is 16.4. The van der Waals surface area contributed by atoms with Gasteiger partial charge in [0.05, 0.1) is 5.71 Å². The highest BCUT2D eigenvalue weighted by Gasteiger charge is 2.01. The Labute approximate surface area is 75.7 Å². The van der Waals surface area contributed by atoms with E-state index in [0.717, 1.165) is 5.56 Å². The first-order chi connectivity index (χ1) is 6.15. The molecule has 0 unspecified atom stereocenters. The summed E-state index contributed by atoms with van der Waals surface area (Å²) in [4.78, 5) is 10.7. The van der Waals surface area contributed by atoms with E-state index >= 15 is 0 Å². The van der Waals surface area contributed by atoms with Crippen LogP contribution in [0, 0.1) is 0 Å². The third kappa shape index (κ3) is 2.05. The SMILES string of the molecule is CC(=NO)c1ccc(C(N)=O)cc1. The van der Waals surface area contributed by atoms with E-state index < -0.39 is 5.91 Å². The molecule has 0 bridgehead atoms. The molecule has 4 heteroatoms. The van der Waals surface area contributed by atoms with Crippen molar-refractivity contribution < 1.29 is 10.0 Å². The molecule has 68 valence electrons. The fourth-order valence-electron chi connectivity index (χ4n) is 0.933. The van der Waals surface area contributed by atoms with Crippen molar-refractivity contribution in [1.82, 2.24) is 0 Å². The number of primary amides is 1. The highest BCUT2D eigenvalue weighted by Crippen LogP contribution is 2.04. The summed E-state index contributed by atoms with van der Waals surface area (Å²) in [6.45, 7) is 1.67. The summed E-state index contributed by atoms with van der Waals surface area (Å²) in [7, 11) is 0. The van der Waals surface area contributed by atoms with Gasteiger partial charge in [-0.3, -0.25) is 4.79 Å². The van der Waals surface area contributed by atoms with Gasteiger partial charge in [-0.2, -0.15) is 0 Å². The molecule has 3 N–H and O–H groups in total. The van der Waals surface area contributed by atoms with E-state index in [-0.39, 0.29) is 0 Å². The van der Waals surface area contributed by atoms with Crippen molar-refractivity contribution in [3.05, 3.63) is 35.4 Å². The van der Waals surface area contributed by atoms with E-state index in [0.29, 0.717) is 11.3 Å². The van der Waals surface area contributed by atoms with Gasteiger partial charge in [0, 0.05) is 5.56 Å². The Balaban J connectivity index is 3.00. The van der Waals surface area contributed by atoms with Gasteiger partial charge in [0.2, 0.25) is 5.91 Å². The van der Waals surface area contributed by atoms with Crippen molar-refractivity contribution in [2.45, 2.75) is 6.92 Å². The van der Waals surface area contributed by atoms with Crippen molar-refractivity contribution in [3.8, 4) is 0 Å². The number of hydrogen-bond acceptors (Lipinski definition) is 3. The fourth-order valence-corrected chi connectivity index (χ4v) is 0.933. The molecule has 1 amide bonds. The lowest BCUT2D eigenvalue weighted by molar-refractivity contribution is 0.100. The largest absolute Gasteiger partial charge is 0.411 e. The van der Waals surface area contributed by atoms with Crippen molar-refractivity contribution >= 4 is 11.6 Å². The van der Waals surface area contributed by atoms with Crippen LogP contribution in [0.1, 0.15) is 22.8 Å². The first kappa shape index (κ1) is 9.25. The van der Waals surface area contributed by atoms with E-state index in [2.05, 4.69) is 5.16 Å². The second-order valence-corrected chi connectivity index (χ2v) is 2.63. The van der Waals surface area contributed by atoms with Gasteiger partial charge in [0.15, 0.2) is 0 Å². The van der Waals surface area contributed by atoms with Gasteiger partial charge in [-0.1, -0.05) is 17.3 Å². The number of oxime groups is 1. The van der Waals surface area contributed by atoms with Gasteiger partial charge < -0.3 is 10.9 Å². The number of amides is 1. The van der Waals surface area contributed by atoms with Crippen molar-refractivity contribution in [3.63, 3.8) is 0 Å². The molecular weight excluding hydrogens is 168 g/mol. The van der Waals surface area contributed by atoms with E-state index in [1.807, 2.05) is 0 Å². The predicted molar refractivity (Wildman–Crippen MR) is 49.0 cm³/mol. The zero-order valence-electron chi connectivity index (χ0n) is 7.19. The third-order valence-electron chi connectivity index (χ3n) is 1.74. The monoisotopic (exact) mass is 178 g/mol. The molecule has 0 heterocycles. The molecule has 1 aromatic carbocycles. The Morgan fingerprint density at radius 2 is 1.77 bits per heavy atom. The van der Waals surface area contributed by atoms with Gasteiger partial charge in [-0.15, -0.1) is 0 Å². The van der Waals surface area contributed by atoms with Crippen LogP contribution in [0.2, 0.25) is 0 Å². The minimum Gasteiger partial charge on any atom is -0.411 e. The molecule has 1 rings (SSSR count). The molecular formula is C9H10N2O2. The van der Waals surface area contributed by atoms with Crippen LogP contribution in [-0.2, 0) is 0 Å². The lowest BCUT2D eigenvalue weighted by atomic mass is 10.1. The number of benzene rings is 1. The Hall–Kier alpha value is -1.84. The maximum Gasteiger partial charge on any atom is 0.248 e. The van der Waals surface area contributed by atoms with Gasteiger partial charge >= 0.3 is 0 Å². The number of hydrogen-bond donors (Lipinski definition) is 2. The average Bonchev–Trinajstić information content (AvgIpc) is 2.17. The van der Waals surface area contributed by atoms with Crippen molar-refractivity contribution in [2.24, 2.45) is 10.9 Å². The van der Waals surface area contributed by atoms with Crippen LogP contribution < -0.4 is 5.73 Å². The van der Waals surface area contributed by atoms with Gasteiger partial charge in [-0.05, 0) is 24.6 Å². The molecule has 0 atom stereocenters. The summed E-state index contributed by atoms with van der Waals surface area (Å²) in [5.41, 5.74) is 6.75. The normalized spacial score (nSPS) is 11.3. The van der Waals surface area contributed by atoms with Crippen molar-refractivity contribution in [1.29, 1.82) is 0 Å². The third-order valence-corrected chi connectivity index (χ3v) is 1.74. The molecule has 13 heavy (non-hydrogen) atoms. The smallest absolute Gasteiger partial charge is 0.248 e. The Bertz CT molecular complexity index is 341. The molecule has 0 saturated heterocycles. The van der Waals surface area contributed by atoms with Crippen LogP contribution in [0.5, 0.6) is 0 Å². The van der Waals surface area contributed by atoms with E-state index in [1.165, 1.54) is 0 Å². The summed E-state index contributed by atoms with van der Waals surface area (Å²) in [5.74, 6) is -0.467. The maximum absolute atomic E-state index is 10.7. The number of rotatable bonds is 2. The fraction of sp³-hybridized carbons (Fsp3) is 0.111. The van der Waals surface area contributed by atoms with Crippen LogP contribution in [0.3, 0.4) is 0 Å². The number of carbonyl (C=O) groups excluding carboxylic acids is 1. The Kier molecular flexibility index (Phi) is 2.64. The first-order valence-electron chi connectivity index (χ1n) is 3.74. The lowest BCUT2D eigenvalue weighted by Crippen LogP contribution is -2.10.